The fourth-order valence-corrected chi connectivity index (χ4v) is 4.39. The molecule has 0 saturated heterocycles. The summed E-state index contributed by atoms with van der Waals surface area (Å²) in [7, 11) is 0. The second-order valence-corrected chi connectivity index (χ2v) is 6.58. The van der Waals surface area contributed by atoms with Crippen molar-refractivity contribution < 1.29 is 15.3 Å². The molecule has 20 heavy (non-hydrogen) atoms. The molecule has 1 aromatic heterocycles. The Balaban J connectivity index is 2.36. The first-order chi connectivity index (χ1) is 9.58. The van der Waals surface area contributed by atoms with Gasteiger partial charge in [-0.1, -0.05) is 0 Å². The van der Waals surface area contributed by atoms with Crippen LogP contribution >= 0.6 is 0 Å². The van der Waals surface area contributed by atoms with Gasteiger partial charge in [0.1, 0.15) is 0 Å². The minimum absolute atomic E-state index is 0.0833. The van der Waals surface area contributed by atoms with Crippen molar-refractivity contribution in [1.29, 1.82) is 0 Å². The summed E-state index contributed by atoms with van der Waals surface area (Å²) in [4.78, 5) is 12.1. The summed E-state index contributed by atoms with van der Waals surface area (Å²) in [6, 6.07) is 12.3. The molecule has 0 bridgehead atoms. The monoisotopic (exact) mass is 334 g/mol. The van der Waals surface area contributed by atoms with E-state index in [0.29, 0.717) is 4.26 Å². The number of benzene rings is 2. The van der Waals surface area contributed by atoms with E-state index in [4.69, 9.17) is 0 Å². The Morgan fingerprint density at radius 1 is 0.900 bits per heavy atom. The van der Waals surface area contributed by atoms with Crippen LogP contribution in [-0.4, -0.2) is 29.8 Å². The maximum atomic E-state index is 12.1. The predicted octanol–water partition coefficient (Wildman–Crippen LogP) is 2.04. The molecule has 0 aliphatic heterocycles. The fraction of sp³-hybridized carbons (Fsp3) is 0. The third-order valence-electron chi connectivity index (χ3n) is 3.00. The standard InChI is InChI=1S/C15H10O4Se/c16-9-6-11(8-4-2-1-3-5-8)20-12-7-10(17)14(18)15(19)13(9)12/h1-7,17-19H. The molecule has 0 fully saturated rings. The summed E-state index contributed by atoms with van der Waals surface area (Å²) in [5.74, 6) is -1.61. The molecule has 5 heteroatoms. The van der Waals surface area contributed by atoms with Crippen LogP contribution in [0.5, 0.6) is 17.2 Å². The van der Waals surface area contributed by atoms with Crippen LogP contribution in [0.1, 0.15) is 0 Å². The van der Waals surface area contributed by atoms with Gasteiger partial charge in [0.2, 0.25) is 0 Å². The number of phenols is 3. The normalized spacial score (nSPS) is 10.8. The number of rotatable bonds is 1. The van der Waals surface area contributed by atoms with Crippen molar-refractivity contribution >= 4 is 24.1 Å². The van der Waals surface area contributed by atoms with Gasteiger partial charge in [0.15, 0.2) is 0 Å². The molecule has 3 rings (SSSR count). The number of phenolic OH excluding ortho intramolecular Hbond substituents is 3. The van der Waals surface area contributed by atoms with Crippen molar-refractivity contribution in [2.45, 2.75) is 0 Å². The van der Waals surface area contributed by atoms with Gasteiger partial charge in [0, 0.05) is 0 Å². The first kappa shape index (κ1) is 12.8. The zero-order chi connectivity index (χ0) is 14.3. The van der Waals surface area contributed by atoms with Gasteiger partial charge < -0.3 is 0 Å². The van der Waals surface area contributed by atoms with E-state index in [-0.39, 0.29) is 25.3 Å². The molecule has 0 radical (unpaired) electrons. The summed E-state index contributed by atoms with van der Waals surface area (Å²) >= 11 is -0.229. The van der Waals surface area contributed by atoms with Crippen LogP contribution in [-0.2, 0) is 0 Å². The molecule has 3 N–H and O–H groups in total. The topological polar surface area (TPSA) is 77.8 Å². The molecular weight excluding hydrogens is 323 g/mol. The molecule has 0 unspecified atom stereocenters. The van der Waals surface area contributed by atoms with E-state index in [0.717, 1.165) is 10.0 Å². The summed E-state index contributed by atoms with van der Waals surface area (Å²) in [5, 5.41) is 29.0. The second kappa shape index (κ2) is 4.71. The molecular formula is C15H10O4Se. The Morgan fingerprint density at radius 3 is 2.30 bits per heavy atom. The Morgan fingerprint density at radius 2 is 1.60 bits per heavy atom. The van der Waals surface area contributed by atoms with E-state index >= 15 is 0 Å². The molecule has 0 amide bonds. The Bertz CT molecular complexity index is 853. The number of hydrogen-bond donors (Lipinski definition) is 3. The average Bonchev–Trinajstić information content (AvgIpc) is 2.45. The van der Waals surface area contributed by atoms with Crippen molar-refractivity contribution in [1.82, 2.24) is 0 Å². The third kappa shape index (κ3) is 1.97. The van der Waals surface area contributed by atoms with Crippen molar-refractivity contribution in [3.8, 4) is 27.2 Å². The summed E-state index contributed by atoms with van der Waals surface area (Å²) in [6.07, 6.45) is 0. The molecule has 2 aromatic carbocycles. The Kier molecular flexibility index (Phi) is 3.01. The van der Waals surface area contributed by atoms with Crippen LogP contribution in [0, 0.1) is 0 Å². The molecule has 100 valence electrons. The second-order valence-electron chi connectivity index (χ2n) is 4.31. The van der Waals surface area contributed by atoms with Gasteiger partial charge >= 0.3 is 119 Å². The van der Waals surface area contributed by atoms with Crippen LogP contribution in [0.4, 0.5) is 0 Å². The molecule has 0 spiro atoms. The van der Waals surface area contributed by atoms with Gasteiger partial charge in [-0.25, -0.2) is 0 Å². The van der Waals surface area contributed by atoms with Crippen LogP contribution < -0.4 is 5.43 Å². The van der Waals surface area contributed by atoms with Crippen LogP contribution in [0.15, 0.2) is 47.3 Å². The van der Waals surface area contributed by atoms with Gasteiger partial charge in [-0.15, -0.1) is 0 Å². The Hall–Kier alpha value is -2.23. The van der Waals surface area contributed by atoms with Crippen LogP contribution in [0.2, 0.25) is 0 Å². The summed E-state index contributed by atoms with van der Waals surface area (Å²) in [6.45, 7) is 0. The van der Waals surface area contributed by atoms with Gasteiger partial charge in [-0.05, 0) is 0 Å². The molecule has 0 aliphatic carbocycles. The molecule has 0 saturated carbocycles. The summed E-state index contributed by atoms with van der Waals surface area (Å²) in [5.41, 5.74) is 0.582. The first-order valence-electron chi connectivity index (χ1n) is 5.85. The molecule has 4 nitrogen and oxygen atoms in total. The van der Waals surface area contributed by atoms with Crippen LogP contribution in [0.25, 0.3) is 19.6 Å². The van der Waals surface area contributed by atoms with Gasteiger partial charge in [-0.2, -0.15) is 0 Å². The first-order valence-corrected chi connectivity index (χ1v) is 7.56. The zero-order valence-corrected chi connectivity index (χ0v) is 11.9. The molecule has 0 aliphatic rings. The predicted molar refractivity (Wildman–Crippen MR) is 77.6 cm³/mol. The minimum atomic E-state index is -0.649. The van der Waals surface area contributed by atoms with E-state index in [1.54, 1.807) is 0 Å². The molecule has 1 heterocycles. The average molecular weight is 333 g/mol. The number of hydrogen-bond acceptors (Lipinski definition) is 4. The molecule has 3 aromatic rings. The van der Waals surface area contributed by atoms with Crippen molar-refractivity contribution in [3.63, 3.8) is 0 Å². The van der Waals surface area contributed by atoms with E-state index < -0.39 is 17.2 Å². The van der Waals surface area contributed by atoms with E-state index in [2.05, 4.69) is 0 Å². The Labute approximate surface area is 119 Å². The van der Waals surface area contributed by atoms with Crippen molar-refractivity contribution in [2.75, 3.05) is 0 Å². The van der Waals surface area contributed by atoms with E-state index in [1.165, 1.54) is 12.1 Å². The SMILES string of the molecule is O=c1cc(-c2ccccc2)[se]c2cc(O)c(O)c(O)c12. The van der Waals surface area contributed by atoms with E-state index in [1.807, 2.05) is 30.3 Å². The summed E-state index contributed by atoms with van der Waals surface area (Å²) < 4.78 is 1.44. The fourth-order valence-electron chi connectivity index (χ4n) is 2.02. The van der Waals surface area contributed by atoms with Crippen LogP contribution in [0.3, 0.4) is 0 Å². The third-order valence-corrected chi connectivity index (χ3v) is 5.34. The quantitative estimate of drug-likeness (QED) is 0.470. The van der Waals surface area contributed by atoms with Gasteiger partial charge in [0.25, 0.3) is 0 Å². The number of aromatic hydroxyl groups is 3. The van der Waals surface area contributed by atoms with E-state index in [9.17, 15) is 20.1 Å². The van der Waals surface area contributed by atoms with Crippen molar-refractivity contribution in [3.05, 3.63) is 52.7 Å². The molecule has 0 atom stereocenters. The zero-order valence-electron chi connectivity index (χ0n) is 10.2. The van der Waals surface area contributed by atoms with Crippen molar-refractivity contribution in [2.24, 2.45) is 0 Å². The number of fused-ring (bicyclic) bond motifs is 1. The van der Waals surface area contributed by atoms with Gasteiger partial charge in [-0.3, -0.25) is 0 Å². The van der Waals surface area contributed by atoms with Gasteiger partial charge in [0.05, 0.1) is 0 Å². The maximum absolute atomic E-state index is 12.1.